The number of nitrogens with zero attached hydrogens (tertiary/aromatic N) is 1. The number of ether oxygens (including phenoxy) is 1. The SMILES string of the molecule is CC(C)c1ccccc1OCC(=O)Nc1nc(-c2ccc3ccccc3c2)cs1. The van der Waals surface area contributed by atoms with Crippen molar-refractivity contribution in [3.05, 3.63) is 77.7 Å². The van der Waals surface area contributed by atoms with Crippen LogP contribution in [-0.2, 0) is 4.79 Å². The number of anilines is 1. The van der Waals surface area contributed by atoms with Gasteiger partial charge in [-0.1, -0.05) is 68.4 Å². The smallest absolute Gasteiger partial charge is 0.264 e. The summed E-state index contributed by atoms with van der Waals surface area (Å²) in [6, 6.07) is 22.3. The number of para-hydroxylation sites is 1. The van der Waals surface area contributed by atoms with Crippen LogP contribution in [0.15, 0.2) is 72.1 Å². The lowest BCUT2D eigenvalue weighted by Gasteiger charge is -2.13. The summed E-state index contributed by atoms with van der Waals surface area (Å²) in [6.07, 6.45) is 0. The highest BCUT2D eigenvalue weighted by molar-refractivity contribution is 7.14. The second-order valence-corrected chi connectivity index (χ2v) is 7.99. The van der Waals surface area contributed by atoms with Crippen LogP contribution in [0.25, 0.3) is 22.0 Å². The van der Waals surface area contributed by atoms with Gasteiger partial charge in [0.05, 0.1) is 5.69 Å². The predicted molar refractivity (Wildman–Crippen MR) is 120 cm³/mol. The van der Waals surface area contributed by atoms with Crippen LogP contribution in [0.3, 0.4) is 0 Å². The lowest BCUT2D eigenvalue weighted by atomic mass is 10.0. The van der Waals surface area contributed by atoms with Crippen molar-refractivity contribution in [2.45, 2.75) is 19.8 Å². The van der Waals surface area contributed by atoms with E-state index in [0.29, 0.717) is 11.0 Å². The molecule has 0 unspecified atom stereocenters. The van der Waals surface area contributed by atoms with Crippen LogP contribution < -0.4 is 10.1 Å². The number of amides is 1. The average Bonchev–Trinajstić information content (AvgIpc) is 3.20. The Hall–Kier alpha value is -3.18. The number of hydrogen-bond donors (Lipinski definition) is 1. The Morgan fingerprint density at radius 3 is 2.62 bits per heavy atom. The zero-order valence-electron chi connectivity index (χ0n) is 16.4. The molecule has 1 heterocycles. The Morgan fingerprint density at radius 2 is 1.79 bits per heavy atom. The van der Waals surface area contributed by atoms with Gasteiger partial charge in [-0.2, -0.15) is 0 Å². The zero-order chi connectivity index (χ0) is 20.2. The van der Waals surface area contributed by atoms with Crippen molar-refractivity contribution in [3.63, 3.8) is 0 Å². The van der Waals surface area contributed by atoms with Crippen molar-refractivity contribution >= 4 is 33.1 Å². The van der Waals surface area contributed by atoms with Crippen LogP contribution in [0, 0.1) is 0 Å². The molecule has 0 fully saturated rings. The summed E-state index contributed by atoms with van der Waals surface area (Å²) in [4.78, 5) is 16.9. The maximum Gasteiger partial charge on any atom is 0.264 e. The third-order valence-electron chi connectivity index (χ3n) is 4.70. The molecule has 0 aliphatic rings. The Bertz CT molecular complexity index is 1150. The lowest BCUT2D eigenvalue weighted by Crippen LogP contribution is -2.20. The molecule has 4 aromatic rings. The zero-order valence-corrected chi connectivity index (χ0v) is 17.2. The largest absolute Gasteiger partial charge is 0.483 e. The summed E-state index contributed by atoms with van der Waals surface area (Å²) >= 11 is 1.41. The summed E-state index contributed by atoms with van der Waals surface area (Å²) < 4.78 is 5.74. The van der Waals surface area contributed by atoms with E-state index in [-0.39, 0.29) is 12.5 Å². The first-order valence-corrected chi connectivity index (χ1v) is 10.4. The minimum Gasteiger partial charge on any atom is -0.483 e. The van der Waals surface area contributed by atoms with Gasteiger partial charge in [-0.05, 0) is 34.4 Å². The second-order valence-electron chi connectivity index (χ2n) is 7.13. The molecule has 3 aromatic carbocycles. The molecule has 0 saturated carbocycles. The molecule has 1 aromatic heterocycles. The Morgan fingerprint density at radius 1 is 1.03 bits per heavy atom. The fourth-order valence-electron chi connectivity index (χ4n) is 3.20. The standard InChI is InChI=1S/C24H22N2O2S/c1-16(2)20-9-5-6-10-22(20)28-14-23(27)26-24-25-21(15-29-24)19-12-11-17-7-3-4-8-18(17)13-19/h3-13,15-16H,14H2,1-2H3,(H,25,26,27). The second kappa shape index (κ2) is 8.45. The minimum atomic E-state index is -0.219. The molecule has 1 N–H and O–H groups in total. The molecule has 5 heteroatoms. The third kappa shape index (κ3) is 4.46. The molecule has 0 aliphatic carbocycles. The fourth-order valence-corrected chi connectivity index (χ4v) is 3.94. The van der Waals surface area contributed by atoms with Gasteiger partial charge in [0, 0.05) is 10.9 Å². The monoisotopic (exact) mass is 402 g/mol. The molecule has 4 nitrogen and oxygen atoms in total. The molecule has 0 aliphatic heterocycles. The number of carbonyl (C=O) groups excluding carboxylic acids is 1. The van der Waals surface area contributed by atoms with Gasteiger partial charge in [0.15, 0.2) is 11.7 Å². The molecular formula is C24H22N2O2S. The number of benzene rings is 3. The summed E-state index contributed by atoms with van der Waals surface area (Å²) in [5.41, 5.74) is 2.97. The van der Waals surface area contributed by atoms with E-state index in [1.807, 2.05) is 41.8 Å². The minimum absolute atomic E-state index is 0.0470. The van der Waals surface area contributed by atoms with E-state index in [9.17, 15) is 4.79 Å². The summed E-state index contributed by atoms with van der Waals surface area (Å²) in [5, 5.41) is 7.71. The van der Waals surface area contributed by atoms with Gasteiger partial charge in [-0.25, -0.2) is 4.98 Å². The van der Waals surface area contributed by atoms with E-state index in [1.165, 1.54) is 22.1 Å². The average molecular weight is 403 g/mol. The normalized spacial score (nSPS) is 11.0. The Kier molecular flexibility index (Phi) is 5.58. The first-order valence-electron chi connectivity index (χ1n) is 9.56. The Labute approximate surface area is 174 Å². The van der Waals surface area contributed by atoms with Gasteiger partial charge in [-0.3, -0.25) is 10.1 Å². The highest BCUT2D eigenvalue weighted by Crippen LogP contribution is 2.28. The van der Waals surface area contributed by atoms with E-state index in [2.05, 4.69) is 54.5 Å². The van der Waals surface area contributed by atoms with Crippen LogP contribution in [0.5, 0.6) is 5.75 Å². The first-order chi connectivity index (χ1) is 14.1. The molecular weight excluding hydrogens is 380 g/mol. The van der Waals surface area contributed by atoms with Crippen molar-refractivity contribution in [2.24, 2.45) is 0 Å². The number of fused-ring (bicyclic) bond motifs is 1. The van der Waals surface area contributed by atoms with Crippen molar-refractivity contribution in [1.29, 1.82) is 0 Å². The number of aromatic nitrogens is 1. The maximum atomic E-state index is 12.3. The van der Waals surface area contributed by atoms with Gasteiger partial charge in [0.25, 0.3) is 5.91 Å². The summed E-state index contributed by atoms with van der Waals surface area (Å²) in [6.45, 7) is 4.16. The molecule has 0 saturated heterocycles. The quantitative estimate of drug-likeness (QED) is 0.424. The number of hydrogen-bond acceptors (Lipinski definition) is 4. The van der Waals surface area contributed by atoms with E-state index in [0.717, 1.165) is 22.6 Å². The summed E-state index contributed by atoms with van der Waals surface area (Å²) in [5.74, 6) is 0.856. The van der Waals surface area contributed by atoms with Gasteiger partial charge in [-0.15, -0.1) is 11.3 Å². The number of carbonyl (C=O) groups is 1. The molecule has 0 bridgehead atoms. The van der Waals surface area contributed by atoms with Crippen molar-refractivity contribution in [3.8, 4) is 17.0 Å². The van der Waals surface area contributed by atoms with Crippen LogP contribution >= 0.6 is 11.3 Å². The van der Waals surface area contributed by atoms with Crippen LogP contribution in [-0.4, -0.2) is 17.5 Å². The Balaban J connectivity index is 1.41. The highest BCUT2D eigenvalue weighted by atomic mass is 32.1. The lowest BCUT2D eigenvalue weighted by molar-refractivity contribution is -0.118. The molecule has 0 atom stereocenters. The van der Waals surface area contributed by atoms with E-state index in [4.69, 9.17) is 4.74 Å². The van der Waals surface area contributed by atoms with Gasteiger partial charge < -0.3 is 4.74 Å². The fraction of sp³-hybridized carbons (Fsp3) is 0.167. The number of nitrogens with one attached hydrogen (secondary N) is 1. The molecule has 0 spiro atoms. The van der Waals surface area contributed by atoms with Crippen LogP contribution in [0.1, 0.15) is 25.3 Å². The highest BCUT2D eigenvalue weighted by Gasteiger charge is 2.11. The molecule has 4 rings (SSSR count). The van der Waals surface area contributed by atoms with Crippen molar-refractivity contribution in [1.82, 2.24) is 4.98 Å². The van der Waals surface area contributed by atoms with Gasteiger partial charge >= 0.3 is 0 Å². The maximum absolute atomic E-state index is 12.3. The van der Waals surface area contributed by atoms with Crippen LogP contribution in [0.4, 0.5) is 5.13 Å². The molecule has 146 valence electrons. The third-order valence-corrected chi connectivity index (χ3v) is 5.45. The van der Waals surface area contributed by atoms with E-state index < -0.39 is 0 Å². The predicted octanol–water partition coefficient (Wildman–Crippen LogP) is 6.10. The molecule has 0 radical (unpaired) electrons. The number of rotatable bonds is 6. The van der Waals surface area contributed by atoms with Gasteiger partial charge in [0.2, 0.25) is 0 Å². The number of thiazole rings is 1. The van der Waals surface area contributed by atoms with E-state index in [1.54, 1.807) is 0 Å². The first kappa shape index (κ1) is 19.2. The molecule has 29 heavy (non-hydrogen) atoms. The van der Waals surface area contributed by atoms with Gasteiger partial charge in [0.1, 0.15) is 5.75 Å². The summed E-state index contributed by atoms with van der Waals surface area (Å²) in [7, 11) is 0. The topological polar surface area (TPSA) is 51.2 Å². The molecule has 1 amide bonds. The van der Waals surface area contributed by atoms with Crippen molar-refractivity contribution in [2.75, 3.05) is 11.9 Å². The van der Waals surface area contributed by atoms with Crippen molar-refractivity contribution < 1.29 is 9.53 Å². The van der Waals surface area contributed by atoms with E-state index >= 15 is 0 Å². The van der Waals surface area contributed by atoms with Crippen LogP contribution in [0.2, 0.25) is 0 Å².